The summed E-state index contributed by atoms with van der Waals surface area (Å²) >= 11 is 0. The first-order valence-corrected chi connectivity index (χ1v) is 7.90. The molecule has 2 atom stereocenters. The highest BCUT2D eigenvalue weighted by molar-refractivity contribution is 5.45. The third-order valence-electron chi connectivity index (χ3n) is 4.52. The van der Waals surface area contributed by atoms with E-state index in [1.54, 1.807) is 0 Å². The van der Waals surface area contributed by atoms with Gasteiger partial charge in [0.1, 0.15) is 24.7 Å². The first-order chi connectivity index (χ1) is 10.3. The van der Waals surface area contributed by atoms with Crippen molar-refractivity contribution in [2.75, 3.05) is 26.3 Å². The van der Waals surface area contributed by atoms with Crippen LogP contribution in [-0.4, -0.2) is 37.2 Å². The van der Waals surface area contributed by atoms with E-state index in [4.69, 9.17) is 15.9 Å². The molecule has 2 aliphatic heterocycles. The quantitative estimate of drug-likeness (QED) is 0.794. The summed E-state index contributed by atoms with van der Waals surface area (Å²) in [6, 6.07) is 6.60. The second-order valence-electron chi connectivity index (χ2n) is 5.86. The topological polar surface area (TPSA) is 21.7 Å². The van der Waals surface area contributed by atoms with Crippen molar-refractivity contribution in [3.05, 3.63) is 23.8 Å². The molecule has 2 heterocycles. The monoisotopic (exact) mass is 285 g/mol. The van der Waals surface area contributed by atoms with Gasteiger partial charge in [-0.15, -0.1) is 6.42 Å². The number of piperidine rings is 1. The lowest BCUT2D eigenvalue weighted by atomic mass is 9.81. The van der Waals surface area contributed by atoms with Gasteiger partial charge in [-0.05, 0) is 50.6 Å². The number of likely N-dealkylation sites (tertiary alicyclic amines) is 1. The minimum atomic E-state index is 0.315. The van der Waals surface area contributed by atoms with Gasteiger partial charge in [-0.3, -0.25) is 4.90 Å². The molecule has 0 spiro atoms. The average Bonchev–Trinajstić information content (AvgIpc) is 2.53. The van der Waals surface area contributed by atoms with Gasteiger partial charge >= 0.3 is 0 Å². The Morgan fingerprint density at radius 3 is 3.19 bits per heavy atom. The van der Waals surface area contributed by atoms with Crippen molar-refractivity contribution in [1.82, 2.24) is 4.90 Å². The summed E-state index contributed by atoms with van der Waals surface area (Å²) in [6.45, 7) is 5.72. The van der Waals surface area contributed by atoms with Crippen molar-refractivity contribution in [2.24, 2.45) is 0 Å². The number of benzene rings is 1. The van der Waals surface area contributed by atoms with Crippen LogP contribution in [0.2, 0.25) is 0 Å². The molecule has 0 N–H and O–H groups in total. The van der Waals surface area contributed by atoms with Crippen molar-refractivity contribution in [2.45, 2.75) is 38.1 Å². The Kier molecular flexibility index (Phi) is 4.36. The number of fused-ring (bicyclic) bond motifs is 3. The molecular weight excluding hydrogens is 262 g/mol. The van der Waals surface area contributed by atoms with Crippen molar-refractivity contribution in [3.63, 3.8) is 0 Å². The lowest BCUT2D eigenvalue weighted by Crippen LogP contribution is -2.49. The Morgan fingerprint density at radius 1 is 1.48 bits per heavy atom. The number of terminal acetylenes is 1. The molecule has 1 aromatic rings. The summed E-state index contributed by atoms with van der Waals surface area (Å²) in [5, 5.41) is 0. The summed E-state index contributed by atoms with van der Waals surface area (Å²) < 4.78 is 11.6. The third-order valence-corrected chi connectivity index (χ3v) is 4.52. The molecule has 0 amide bonds. The highest BCUT2D eigenvalue weighted by Gasteiger charge is 2.37. The largest absolute Gasteiger partial charge is 0.492 e. The van der Waals surface area contributed by atoms with Gasteiger partial charge in [-0.25, -0.2) is 0 Å². The molecule has 0 aromatic heterocycles. The molecule has 1 aromatic carbocycles. The highest BCUT2D eigenvalue weighted by atomic mass is 16.5. The van der Waals surface area contributed by atoms with Gasteiger partial charge in [0.15, 0.2) is 0 Å². The van der Waals surface area contributed by atoms with Crippen LogP contribution in [0.25, 0.3) is 0 Å². The maximum atomic E-state index is 5.99. The Balaban J connectivity index is 1.85. The van der Waals surface area contributed by atoms with Crippen LogP contribution in [0.1, 0.15) is 37.7 Å². The Hall–Kier alpha value is -1.66. The average molecular weight is 285 g/mol. The maximum absolute atomic E-state index is 5.99. The van der Waals surface area contributed by atoms with Crippen LogP contribution in [-0.2, 0) is 0 Å². The Labute approximate surface area is 127 Å². The fourth-order valence-electron chi connectivity index (χ4n) is 3.61. The molecule has 2 aliphatic rings. The van der Waals surface area contributed by atoms with E-state index >= 15 is 0 Å². The van der Waals surface area contributed by atoms with E-state index in [9.17, 15) is 0 Å². The van der Waals surface area contributed by atoms with Crippen LogP contribution in [0.5, 0.6) is 11.5 Å². The summed E-state index contributed by atoms with van der Waals surface area (Å²) in [4.78, 5) is 2.59. The lowest BCUT2D eigenvalue weighted by molar-refractivity contribution is 0.0658. The molecule has 0 bridgehead atoms. The number of hydrogen-bond donors (Lipinski definition) is 0. The molecule has 0 aliphatic carbocycles. The van der Waals surface area contributed by atoms with Crippen LogP contribution < -0.4 is 9.47 Å². The summed E-state index contributed by atoms with van der Waals surface area (Å²) in [5.74, 6) is 4.94. The fourth-order valence-corrected chi connectivity index (χ4v) is 3.61. The van der Waals surface area contributed by atoms with Crippen LogP contribution in [0.15, 0.2) is 18.2 Å². The number of nitrogens with zero attached hydrogens (tertiary/aromatic N) is 1. The number of ether oxygens (including phenoxy) is 2. The predicted molar refractivity (Wildman–Crippen MR) is 83.9 cm³/mol. The van der Waals surface area contributed by atoms with E-state index in [1.165, 1.54) is 31.4 Å². The maximum Gasteiger partial charge on any atom is 0.148 e. The van der Waals surface area contributed by atoms with E-state index in [1.807, 2.05) is 12.1 Å². The van der Waals surface area contributed by atoms with Gasteiger partial charge in [0.2, 0.25) is 0 Å². The van der Waals surface area contributed by atoms with E-state index in [0.29, 0.717) is 18.6 Å². The third kappa shape index (κ3) is 2.87. The van der Waals surface area contributed by atoms with Crippen LogP contribution in [0, 0.1) is 12.3 Å². The van der Waals surface area contributed by atoms with Crippen molar-refractivity contribution < 1.29 is 9.47 Å². The minimum absolute atomic E-state index is 0.315. The van der Waals surface area contributed by atoms with Gasteiger partial charge < -0.3 is 9.47 Å². The first-order valence-electron chi connectivity index (χ1n) is 7.90. The molecule has 1 fully saturated rings. The highest BCUT2D eigenvalue weighted by Crippen LogP contribution is 2.42. The van der Waals surface area contributed by atoms with Gasteiger partial charge in [-0.2, -0.15) is 0 Å². The van der Waals surface area contributed by atoms with Gasteiger partial charge in [0.25, 0.3) is 0 Å². The Morgan fingerprint density at radius 2 is 2.38 bits per heavy atom. The van der Waals surface area contributed by atoms with Crippen molar-refractivity contribution >= 4 is 0 Å². The molecule has 3 rings (SSSR count). The smallest absolute Gasteiger partial charge is 0.148 e. The normalized spacial score (nSPS) is 24.4. The molecule has 0 saturated carbocycles. The molecule has 0 unspecified atom stereocenters. The van der Waals surface area contributed by atoms with Crippen molar-refractivity contribution in [3.8, 4) is 23.8 Å². The summed E-state index contributed by atoms with van der Waals surface area (Å²) in [6.07, 6.45) is 8.96. The SMILES string of the molecule is C#CCOc1ccc2c(c1)[C@H]1CCCN(CCC)[C@@H]1CO2. The van der Waals surface area contributed by atoms with Crippen LogP contribution in [0.3, 0.4) is 0 Å². The van der Waals surface area contributed by atoms with Gasteiger partial charge in [0.05, 0.1) is 6.04 Å². The molecule has 1 saturated heterocycles. The molecule has 3 nitrogen and oxygen atoms in total. The van der Waals surface area contributed by atoms with Crippen LogP contribution >= 0.6 is 0 Å². The van der Waals surface area contributed by atoms with E-state index in [2.05, 4.69) is 23.8 Å². The van der Waals surface area contributed by atoms with E-state index < -0.39 is 0 Å². The second kappa shape index (κ2) is 6.41. The predicted octanol–water partition coefficient (Wildman–Crippen LogP) is 3.05. The number of hydrogen-bond acceptors (Lipinski definition) is 3. The molecular formula is C18H23NO2. The molecule has 0 radical (unpaired) electrons. The summed E-state index contributed by atoms with van der Waals surface area (Å²) in [5.41, 5.74) is 1.29. The summed E-state index contributed by atoms with van der Waals surface area (Å²) in [7, 11) is 0. The molecule has 112 valence electrons. The van der Waals surface area contributed by atoms with E-state index in [0.717, 1.165) is 24.7 Å². The second-order valence-corrected chi connectivity index (χ2v) is 5.86. The zero-order chi connectivity index (χ0) is 14.7. The fraction of sp³-hybridized carbons (Fsp3) is 0.556. The molecule has 3 heteroatoms. The zero-order valence-corrected chi connectivity index (χ0v) is 12.7. The standard InChI is InChI=1S/C18H23NO2/c1-3-9-19-10-5-6-15-16-12-14(20-11-4-2)7-8-18(16)21-13-17(15)19/h2,7-8,12,15,17H,3,5-6,9-11,13H2,1H3/t15-,17-/m1/s1. The molecule has 21 heavy (non-hydrogen) atoms. The first kappa shape index (κ1) is 14.3. The van der Waals surface area contributed by atoms with Gasteiger partial charge in [-0.1, -0.05) is 12.8 Å². The van der Waals surface area contributed by atoms with Gasteiger partial charge in [0, 0.05) is 11.5 Å². The number of rotatable bonds is 4. The van der Waals surface area contributed by atoms with Crippen molar-refractivity contribution in [1.29, 1.82) is 0 Å². The van der Waals surface area contributed by atoms with Crippen LogP contribution in [0.4, 0.5) is 0 Å². The Bertz CT molecular complexity index is 533. The zero-order valence-electron chi connectivity index (χ0n) is 12.7. The minimum Gasteiger partial charge on any atom is -0.492 e. The lowest BCUT2D eigenvalue weighted by Gasteiger charge is -2.44. The van der Waals surface area contributed by atoms with E-state index in [-0.39, 0.29) is 0 Å².